The normalized spacial score (nSPS) is 11.5. The van der Waals surface area contributed by atoms with Crippen LogP contribution < -0.4 is 10.5 Å². The fourth-order valence-corrected chi connectivity index (χ4v) is 1.90. The van der Waals surface area contributed by atoms with Crippen LogP contribution in [0.25, 0.3) is 0 Å². The van der Waals surface area contributed by atoms with Gasteiger partial charge in [-0.1, -0.05) is 34.1 Å². The summed E-state index contributed by atoms with van der Waals surface area (Å²) in [7, 11) is 0. The van der Waals surface area contributed by atoms with Gasteiger partial charge in [-0.05, 0) is 23.8 Å². The molecule has 0 amide bonds. The highest BCUT2D eigenvalue weighted by Crippen LogP contribution is 2.30. The molecule has 0 bridgehead atoms. The van der Waals surface area contributed by atoms with Crippen LogP contribution in [0.15, 0.2) is 40.9 Å². The molecule has 112 valence electrons. The topological polar surface area (TPSA) is 48.1 Å². The lowest BCUT2D eigenvalue weighted by Gasteiger charge is -2.12. The maximum absolute atomic E-state index is 12.7. The first kappa shape index (κ1) is 15.8. The first-order valence-electron chi connectivity index (χ1n) is 6.04. The number of pyridine rings is 1. The Hall–Kier alpha value is -1.60. The highest BCUT2D eigenvalue weighted by Gasteiger charge is 2.33. The second-order valence-corrected chi connectivity index (χ2v) is 5.19. The Kier molecular flexibility index (Phi) is 4.84. The molecule has 21 heavy (non-hydrogen) atoms. The van der Waals surface area contributed by atoms with E-state index in [0.717, 1.165) is 16.1 Å². The molecule has 0 aliphatic heterocycles. The Morgan fingerprint density at radius 2 is 1.76 bits per heavy atom. The van der Waals surface area contributed by atoms with Crippen LogP contribution in [0.2, 0.25) is 0 Å². The SMILES string of the molecule is NCc1ccc(C(F)(F)F)nc1OCc1ccc(Br)cc1. The van der Waals surface area contributed by atoms with Crippen LogP contribution in [0.4, 0.5) is 13.2 Å². The molecule has 0 saturated heterocycles. The highest BCUT2D eigenvalue weighted by molar-refractivity contribution is 9.10. The van der Waals surface area contributed by atoms with Crippen molar-refractivity contribution in [3.63, 3.8) is 0 Å². The van der Waals surface area contributed by atoms with Crippen molar-refractivity contribution in [3.05, 3.63) is 57.7 Å². The van der Waals surface area contributed by atoms with Gasteiger partial charge in [0.1, 0.15) is 12.3 Å². The van der Waals surface area contributed by atoms with Gasteiger partial charge in [-0.25, -0.2) is 4.98 Å². The summed E-state index contributed by atoms with van der Waals surface area (Å²) in [5.41, 5.74) is 5.75. The first-order chi connectivity index (χ1) is 9.90. The van der Waals surface area contributed by atoms with Crippen molar-refractivity contribution in [2.24, 2.45) is 5.73 Å². The zero-order chi connectivity index (χ0) is 15.5. The maximum Gasteiger partial charge on any atom is 0.433 e. The van der Waals surface area contributed by atoms with Crippen molar-refractivity contribution in [3.8, 4) is 5.88 Å². The Morgan fingerprint density at radius 1 is 1.10 bits per heavy atom. The molecule has 0 radical (unpaired) electrons. The fraction of sp³-hybridized carbons (Fsp3) is 0.214. The summed E-state index contributed by atoms with van der Waals surface area (Å²) in [6, 6.07) is 9.44. The summed E-state index contributed by atoms with van der Waals surface area (Å²) < 4.78 is 44.3. The monoisotopic (exact) mass is 360 g/mol. The van der Waals surface area contributed by atoms with Gasteiger partial charge < -0.3 is 10.5 Å². The molecule has 2 aromatic rings. The standard InChI is InChI=1S/C14H12BrF3N2O/c15-11-4-1-9(2-5-11)8-21-13-10(7-19)3-6-12(20-13)14(16,17)18/h1-6H,7-8,19H2. The van der Waals surface area contributed by atoms with Crippen molar-refractivity contribution in [2.75, 3.05) is 0 Å². The first-order valence-corrected chi connectivity index (χ1v) is 6.84. The molecule has 1 aromatic carbocycles. The van der Waals surface area contributed by atoms with E-state index >= 15 is 0 Å². The number of hydrogen-bond acceptors (Lipinski definition) is 3. The minimum atomic E-state index is -4.51. The van der Waals surface area contributed by atoms with Crippen molar-refractivity contribution in [1.82, 2.24) is 4.98 Å². The third-order valence-electron chi connectivity index (χ3n) is 2.74. The van der Waals surface area contributed by atoms with Crippen molar-refractivity contribution in [1.29, 1.82) is 0 Å². The number of alkyl halides is 3. The van der Waals surface area contributed by atoms with Crippen LogP contribution in [0.5, 0.6) is 5.88 Å². The molecule has 7 heteroatoms. The van der Waals surface area contributed by atoms with Gasteiger partial charge in [0.25, 0.3) is 0 Å². The van der Waals surface area contributed by atoms with E-state index < -0.39 is 11.9 Å². The summed E-state index contributed by atoms with van der Waals surface area (Å²) >= 11 is 3.30. The number of nitrogens with two attached hydrogens (primary N) is 1. The smallest absolute Gasteiger partial charge is 0.433 e. The quantitative estimate of drug-likeness (QED) is 0.899. The Labute approximate surface area is 128 Å². The summed E-state index contributed by atoms with van der Waals surface area (Å²) in [6.45, 7) is 0.176. The number of benzene rings is 1. The molecule has 0 saturated carbocycles. The predicted octanol–water partition coefficient (Wildman–Crippen LogP) is 3.90. The molecule has 0 spiro atoms. The van der Waals surface area contributed by atoms with Gasteiger partial charge in [0.05, 0.1) is 0 Å². The third-order valence-corrected chi connectivity index (χ3v) is 3.27. The number of halogens is 4. The van der Waals surface area contributed by atoms with Gasteiger partial charge in [0, 0.05) is 16.6 Å². The number of nitrogens with zero attached hydrogens (tertiary/aromatic N) is 1. The summed E-state index contributed by atoms with van der Waals surface area (Å²) in [5.74, 6) is -0.0877. The number of hydrogen-bond donors (Lipinski definition) is 1. The minimum Gasteiger partial charge on any atom is -0.473 e. The van der Waals surface area contributed by atoms with E-state index in [1.54, 1.807) is 12.1 Å². The molecular formula is C14H12BrF3N2O. The van der Waals surface area contributed by atoms with Crippen LogP contribution in [0.1, 0.15) is 16.8 Å². The average Bonchev–Trinajstić information content (AvgIpc) is 2.45. The van der Waals surface area contributed by atoms with E-state index in [1.807, 2.05) is 12.1 Å². The molecule has 0 fully saturated rings. The van der Waals surface area contributed by atoms with E-state index in [1.165, 1.54) is 6.07 Å². The fourth-order valence-electron chi connectivity index (χ4n) is 1.64. The third kappa shape index (κ3) is 4.18. The van der Waals surface area contributed by atoms with Crippen molar-refractivity contribution >= 4 is 15.9 Å². The second kappa shape index (κ2) is 6.44. The summed E-state index contributed by atoms with van der Waals surface area (Å²) in [6.07, 6.45) is -4.51. The van der Waals surface area contributed by atoms with Crippen molar-refractivity contribution < 1.29 is 17.9 Å². The lowest BCUT2D eigenvalue weighted by molar-refractivity contribution is -0.141. The van der Waals surface area contributed by atoms with E-state index in [9.17, 15) is 13.2 Å². The number of ether oxygens (including phenoxy) is 1. The molecule has 3 nitrogen and oxygen atoms in total. The van der Waals surface area contributed by atoms with Gasteiger partial charge in [-0.15, -0.1) is 0 Å². The van der Waals surface area contributed by atoms with Gasteiger partial charge in [-0.2, -0.15) is 13.2 Å². The molecule has 0 aliphatic rings. The zero-order valence-corrected chi connectivity index (χ0v) is 12.4. The molecule has 2 rings (SSSR count). The van der Waals surface area contributed by atoms with Crippen LogP contribution in [0, 0.1) is 0 Å². The summed E-state index contributed by atoms with van der Waals surface area (Å²) in [4.78, 5) is 3.51. The predicted molar refractivity (Wildman–Crippen MR) is 75.6 cm³/mol. The summed E-state index contributed by atoms with van der Waals surface area (Å²) in [5, 5.41) is 0. The van der Waals surface area contributed by atoms with Crippen LogP contribution in [0.3, 0.4) is 0 Å². The lowest BCUT2D eigenvalue weighted by Crippen LogP contribution is -2.12. The molecule has 1 heterocycles. The van der Waals surface area contributed by atoms with Gasteiger partial charge in [0.15, 0.2) is 0 Å². The largest absolute Gasteiger partial charge is 0.473 e. The highest BCUT2D eigenvalue weighted by atomic mass is 79.9. The Bertz CT molecular complexity index is 615. The van der Waals surface area contributed by atoms with E-state index in [4.69, 9.17) is 10.5 Å². The van der Waals surface area contributed by atoms with E-state index in [-0.39, 0.29) is 19.0 Å². The molecule has 0 aliphatic carbocycles. The van der Waals surface area contributed by atoms with Gasteiger partial charge >= 0.3 is 6.18 Å². The molecule has 2 N–H and O–H groups in total. The number of aromatic nitrogens is 1. The molecular weight excluding hydrogens is 349 g/mol. The molecule has 0 unspecified atom stereocenters. The van der Waals surface area contributed by atoms with E-state index in [0.29, 0.717) is 5.56 Å². The minimum absolute atomic E-state index is 0.0564. The van der Waals surface area contributed by atoms with Gasteiger partial charge in [-0.3, -0.25) is 0 Å². The van der Waals surface area contributed by atoms with E-state index in [2.05, 4.69) is 20.9 Å². The van der Waals surface area contributed by atoms with Crippen LogP contribution in [-0.4, -0.2) is 4.98 Å². The van der Waals surface area contributed by atoms with Crippen molar-refractivity contribution in [2.45, 2.75) is 19.3 Å². The zero-order valence-electron chi connectivity index (χ0n) is 10.8. The Balaban J connectivity index is 2.19. The molecule has 0 atom stereocenters. The Morgan fingerprint density at radius 3 is 2.33 bits per heavy atom. The lowest BCUT2D eigenvalue weighted by atomic mass is 10.2. The van der Waals surface area contributed by atoms with Crippen LogP contribution >= 0.6 is 15.9 Å². The average molecular weight is 361 g/mol. The maximum atomic E-state index is 12.7. The van der Waals surface area contributed by atoms with Crippen LogP contribution in [-0.2, 0) is 19.3 Å². The van der Waals surface area contributed by atoms with Gasteiger partial charge in [0.2, 0.25) is 5.88 Å². The molecule has 1 aromatic heterocycles. The number of rotatable bonds is 4. The second-order valence-electron chi connectivity index (χ2n) is 4.28.